The summed E-state index contributed by atoms with van der Waals surface area (Å²) in [6, 6.07) is 8.94. The first-order valence-electron chi connectivity index (χ1n) is 16.1. The second kappa shape index (κ2) is 11.3. The number of nitrogens with one attached hydrogen (secondary N) is 1. The number of hydrogen-bond donors (Lipinski definition) is 3. The highest BCUT2D eigenvalue weighted by molar-refractivity contribution is 7.93. The van der Waals surface area contributed by atoms with Crippen molar-refractivity contribution in [2.75, 3.05) is 77.8 Å². The van der Waals surface area contributed by atoms with E-state index in [2.05, 4.69) is 25.5 Å². The van der Waals surface area contributed by atoms with Crippen LogP contribution in [0.2, 0.25) is 0 Å². The number of carboxylic acids is 1. The molecule has 0 radical (unpaired) electrons. The van der Waals surface area contributed by atoms with Crippen molar-refractivity contribution in [3.05, 3.63) is 47.2 Å². The van der Waals surface area contributed by atoms with Crippen molar-refractivity contribution in [3.8, 4) is 0 Å². The molecule has 0 spiro atoms. The van der Waals surface area contributed by atoms with Gasteiger partial charge in [0.15, 0.2) is 0 Å². The number of carbonyl (C=O) groups excluding carboxylic acids is 1. The Hall–Kier alpha value is -3.03. The summed E-state index contributed by atoms with van der Waals surface area (Å²) in [4.78, 5) is 26.7. The fraction of sp³-hybridized carbons (Fsp3) is 0.576. The van der Waals surface area contributed by atoms with Crippen molar-refractivity contribution in [2.24, 2.45) is 11.8 Å². The maximum atomic E-state index is 14.2. The smallest absolute Gasteiger partial charge is 0.352 e. The number of aliphatic hydroxyl groups excluding tert-OH is 1. The number of aliphatic hydroxyl groups is 1. The van der Waals surface area contributed by atoms with Gasteiger partial charge < -0.3 is 29.4 Å². The number of benzene rings is 2. The van der Waals surface area contributed by atoms with Crippen LogP contribution in [-0.4, -0.2) is 130 Å². The molecule has 11 nitrogen and oxygen atoms in total. The quantitative estimate of drug-likeness (QED) is 0.193. The maximum Gasteiger partial charge on any atom is 0.352 e. The molecule has 45 heavy (non-hydrogen) atoms. The zero-order valence-corrected chi connectivity index (χ0v) is 27.8. The van der Waals surface area contributed by atoms with Crippen molar-refractivity contribution in [2.45, 2.75) is 43.7 Å². The Morgan fingerprint density at radius 3 is 2.40 bits per heavy atom. The first-order chi connectivity index (χ1) is 21.2. The van der Waals surface area contributed by atoms with Crippen LogP contribution in [0.5, 0.6) is 0 Å². The van der Waals surface area contributed by atoms with Crippen LogP contribution in [0.1, 0.15) is 25.8 Å². The van der Waals surface area contributed by atoms with Crippen LogP contribution in [0.4, 0.5) is 5.69 Å². The summed E-state index contributed by atoms with van der Waals surface area (Å²) in [7, 11) is 2.67. The van der Waals surface area contributed by atoms with E-state index in [4.69, 9.17) is 0 Å². The Morgan fingerprint density at radius 2 is 1.78 bits per heavy atom. The van der Waals surface area contributed by atoms with E-state index in [1.54, 1.807) is 12.1 Å². The fourth-order valence-electron chi connectivity index (χ4n) is 8.08. The molecule has 3 N–H and O–H groups in total. The molecule has 1 amide bonds. The summed E-state index contributed by atoms with van der Waals surface area (Å²) in [6.07, 6.45) is 0.994. The average molecular weight is 642 g/mol. The first kappa shape index (κ1) is 31.9. The van der Waals surface area contributed by atoms with E-state index in [1.165, 1.54) is 22.7 Å². The lowest BCUT2D eigenvalue weighted by Crippen LogP contribution is -2.64. The monoisotopic (exact) mass is 641 g/mol. The van der Waals surface area contributed by atoms with Crippen LogP contribution in [-0.2, 0) is 26.0 Å². The number of carbonyl (C=O) groups is 2. The number of amides is 1. The Bertz CT molecular complexity index is 1680. The Morgan fingerprint density at radius 1 is 1.11 bits per heavy atom. The topological polar surface area (TPSA) is 127 Å². The van der Waals surface area contributed by atoms with Gasteiger partial charge in [-0.1, -0.05) is 25.1 Å². The number of piperazine rings is 1. The molecule has 0 unspecified atom stereocenters. The number of anilines is 1. The zero-order chi connectivity index (χ0) is 32.5. The van der Waals surface area contributed by atoms with E-state index >= 15 is 0 Å². The fourth-order valence-corrected chi connectivity index (χ4v) is 9.82. The van der Waals surface area contributed by atoms with E-state index in [0.717, 1.165) is 72.0 Å². The number of fused-ring (bicyclic) bond motifs is 1. The number of quaternary nitrogens is 2. The molecule has 2 aromatic carbocycles. The second-order valence-electron chi connectivity index (χ2n) is 14.2. The third kappa shape index (κ3) is 5.24. The van der Waals surface area contributed by atoms with Gasteiger partial charge in [0.2, 0.25) is 5.91 Å². The molecule has 4 aliphatic rings. The summed E-state index contributed by atoms with van der Waals surface area (Å²) in [5.74, 6) is -2.82. The molecule has 4 aliphatic heterocycles. The minimum absolute atomic E-state index is 0.163. The molecule has 4 heterocycles. The molecule has 0 saturated carbocycles. The summed E-state index contributed by atoms with van der Waals surface area (Å²) in [5.41, 5.74) is 1.72. The molecular formula is C33H47N5O6S+2. The van der Waals surface area contributed by atoms with Gasteiger partial charge in [-0.2, -0.15) is 0 Å². The summed E-state index contributed by atoms with van der Waals surface area (Å²) >= 11 is 0. The predicted molar refractivity (Wildman–Crippen MR) is 172 cm³/mol. The molecule has 12 heteroatoms. The van der Waals surface area contributed by atoms with Gasteiger partial charge in [0.25, 0.3) is 10.0 Å². The lowest BCUT2D eigenvalue weighted by molar-refractivity contribution is -1.02. The lowest BCUT2D eigenvalue weighted by atomic mass is 9.78. The van der Waals surface area contributed by atoms with Gasteiger partial charge in [-0.25, -0.2) is 13.2 Å². The molecule has 0 aromatic heterocycles. The Balaban J connectivity index is 1.24. The normalized spacial score (nSPS) is 31.0. The van der Waals surface area contributed by atoms with Crippen LogP contribution < -0.4 is 9.62 Å². The number of rotatable bonds is 11. The highest BCUT2D eigenvalue weighted by Gasteiger charge is 2.60. The summed E-state index contributed by atoms with van der Waals surface area (Å²) in [5, 5.41) is 25.1. The van der Waals surface area contributed by atoms with Crippen molar-refractivity contribution in [1.82, 2.24) is 10.2 Å². The van der Waals surface area contributed by atoms with Gasteiger partial charge in [0.05, 0.1) is 62.4 Å². The van der Waals surface area contributed by atoms with Crippen LogP contribution in [0.25, 0.3) is 10.8 Å². The maximum absolute atomic E-state index is 14.2. The summed E-state index contributed by atoms with van der Waals surface area (Å²) in [6.45, 7) is 10.7. The zero-order valence-electron chi connectivity index (χ0n) is 27.0. The second-order valence-corrected chi connectivity index (χ2v) is 16.0. The van der Waals surface area contributed by atoms with E-state index in [0.29, 0.717) is 16.6 Å². The Labute approximate surface area is 265 Å². The number of sulfonamides is 1. The number of likely N-dealkylation sites (N-methyl/N-ethyl adjacent to an activating group) is 2. The van der Waals surface area contributed by atoms with E-state index in [1.807, 2.05) is 26.1 Å². The standard InChI is InChI=1S/C33H46N5O6S/c1-21-25(31(33(41)42)36-30(21)28(22(2)39)32(36)40)20-35-26-9-6-8-24-18-23(19-27(29(24)26)45(35,43)44)10-13-38(5)16-14-37(4,15-17-38)12-7-11-34-3/h6,8-9,18-19,21-22,28,30,34,39H,7,10-17,20H2,1-5H3/q+1/p+1/t21-,22+,28+,30+,37?,38?/m0/s1. The number of carboxylic acid groups (broad SMARTS) is 1. The molecule has 0 aliphatic carbocycles. The summed E-state index contributed by atoms with van der Waals surface area (Å²) < 4.78 is 31.7. The van der Waals surface area contributed by atoms with Crippen molar-refractivity contribution < 1.29 is 37.2 Å². The van der Waals surface area contributed by atoms with Crippen LogP contribution in [0.3, 0.4) is 0 Å². The predicted octanol–water partition coefficient (Wildman–Crippen LogP) is 1.60. The van der Waals surface area contributed by atoms with E-state index in [-0.39, 0.29) is 17.1 Å². The van der Waals surface area contributed by atoms with Crippen molar-refractivity contribution in [1.29, 1.82) is 0 Å². The molecule has 2 fully saturated rings. The largest absolute Gasteiger partial charge is 0.477 e. The van der Waals surface area contributed by atoms with Gasteiger partial charge in [-0.05, 0) is 42.6 Å². The number of nitrogens with zero attached hydrogens (tertiary/aromatic N) is 4. The molecule has 2 saturated heterocycles. The molecule has 2 aromatic rings. The van der Waals surface area contributed by atoms with Crippen LogP contribution in [0.15, 0.2) is 46.5 Å². The molecular weight excluding hydrogens is 594 g/mol. The average Bonchev–Trinajstić information content (AvgIpc) is 3.35. The molecule has 4 atom stereocenters. The first-order valence-corrected chi connectivity index (χ1v) is 17.5. The number of hydrogen-bond acceptors (Lipinski definition) is 6. The van der Waals surface area contributed by atoms with Gasteiger partial charge in [-0.15, -0.1) is 0 Å². The van der Waals surface area contributed by atoms with Crippen LogP contribution >= 0.6 is 0 Å². The Kier molecular flexibility index (Phi) is 8.05. The molecule has 0 bridgehead atoms. The number of β-lactam (4-membered cyclic amide) rings is 1. The van der Waals surface area contributed by atoms with Gasteiger partial charge >= 0.3 is 5.97 Å². The van der Waals surface area contributed by atoms with Crippen LogP contribution in [0, 0.1) is 11.8 Å². The van der Waals surface area contributed by atoms with Gasteiger partial charge in [0.1, 0.15) is 31.9 Å². The highest BCUT2D eigenvalue weighted by atomic mass is 32.2. The third-order valence-electron chi connectivity index (χ3n) is 11.1. The number of aliphatic carboxylic acids is 1. The van der Waals surface area contributed by atoms with Gasteiger partial charge in [-0.3, -0.25) is 9.10 Å². The minimum Gasteiger partial charge on any atom is -0.477 e. The molecule has 6 rings (SSSR count). The lowest BCUT2D eigenvalue weighted by Gasteiger charge is -2.46. The molecule has 244 valence electrons. The highest BCUT2D eigenvalue weighted by Crippen LogP contribution is 2.49. The van der Waals surface area contributed by atoms with Crippen molar-refractivity contribution >= 4 is 38.4 Å². The minimum atomic E-state index is -3.98. The van der Waals surface area contributed by atoms with E-state index < -0.39 is 45.9 Å². The SMILES string of the molecule is CNCCC[N+]1(C)CC[N+](C)(CCc2cc3c4c(cccc4c2)N(CC2=C(C(=O)O)N4C(=O)[C@H]([C@@H](C)O)[C@H]4[C@H]2C)S3(=O)=O)CC1. The van der Waals surface area contributed by atoms with E-state index in [9.17, 15) is 28.2 Å². The third-order valence-corrected chi connectivity index (χ3v) is 12.9. The van der Waals surface area contributed by atoms with Gasteiger partial charge in [0, 0.05) is 30.7 Å². The van der Waals surface area contributed by atoms with Crippen molar-refractivity contribution in [3.63, 3.8) is 0 Å².